The molecule has 0 aromatic carbocycles. The van der Waals surface area contributed by atoms with E-state index in [1.165, 1.54) is 0 Å². The van der Waals surface area contributed by atoms with Crippen molar-refractivity contribution in [2.45, 2.75) is 39.5 Å². The summed E-state index contributed by atoms with van der Waals surface area (Å²) in [7, 11) is 0. The summed E-state index contributed by atoms with van der Waals surface area (Å²) in [6.45, 7) is 7.43. The molecule has 110 valence electrons. The average Bonchev–Trinajstić information content (AvgIpc) is 3.07. The fraction of sp³-hybridized carbons (Fsp3) is 0.533. The Hall–Kier alpha value is -1.59. The zero-order chi connectivity index (χ0) is 14.2. The van der Waals surface area contributed by atoms with E-state index in [0.29, 0.717) is 6.10 Å². The van der Waals surface area contributed by atoms with E-state index >= 15 is 0 Å². The highest BCUT2D eigenvalue weighted by Gasteiger charge is 2.10. The topological polar surface area (TPSA) is 54.3 Å². The quantitative estimate of drug-likeness (QED) is 0.716. The van der Waals surface area contributed by atoms with Gasteiger partial charge in [-0.3, -0.25) is 4.90 Å². The van der Waals surface area contributed by atoms with Gasteiger partial charge in [0.05, 0.1) is 25.5 Å². The van der Waals surface area contributed by atoms with Crippen molar-refractivity contribution in [1.82, 2.24) is 14.9 Å². The van der Waals surface area contributed by atoms with E-state index in [-0.39, 0.29) is 0 Å². The van der Waals surface area contributed by atoms with Gasteiger partial charge in [0.15, 0.2) is 0 Å². The van der Waals surface area contributed by atoms with Gasteiger partial charge in [-0.2, -0.15) is 0 Å². The number of nitrogens with one attached hydrogen (secondary N) is 1. The Morgan fingerprint density at radius 3 is 2.95 bits per heavy atom. The molecule has 0 aliphatic carbocycles. The smallest absolute Gasteiger partial charge is 0.120 e. The van der Waals surface area contributed by atoms with Crippen LogP contribution in [0.4, 0.5) is 0 Å². The first-order valence-corrected chi connectivity index (χ1v) is 7.08. The number of furan rings is 1. The van der Waals surface area contributed by atoms with Crippen molar-refractivity contribution in [2.75, 3.05) is 13.2 Å². The van der Waals surface area contributed by atoms with Crippen molar-refractivity contribution < 1.29 is 9.15 Å². The second-order valence-electron chi connectivity index (χ2n) is 5.10. The van der Waals surface area contributed by atoms with E-state index in [2.05, 4.69) is 28.7 Å². The first-order chi connectivity index (χ1) is 9.74. The average molecular weight is 277 g/mol. The van der Waals surface area contributed by atoms with Gasteiger partial charge in [0.2, 0.25) is 0 Å². The molecule has 0 amide bonds. The zero-order valence-electron chi connectivity index (χ0n) is 12.2. The molecule has 0 fully saturated rings. The Kier molecular flexibility index (Phi) is 5.83. The Balaban J connectivity index is 1.83. The largest absolute Gasteiger partial charge is 0.468 e. The first-order valence-electron chi connectivity index (χ1n) is 7.08. The summed E-state index contributed by atoms with van der Waals surface area (Å²) >= 11 is 0. The maximum absolute atomic E-state index is 5.59. The predicted molar refractivity (Wildman–Crippen MR) is 77.1 cm³/mol. The maximum Gasteiger partial charge on any atom is 0.120 e. The lowest BCUT2D eigenvalue weighted by Crippen LogP contribution is -2.25. The first kappa shape index (κ1) is 14.8. The molecule has 0 radical (unpaired) electrons. The Labute approximate surface area is 120 Å². The summed E-state index contributed by atoms with van der Waals surface area (Å²) in [5.74, 6) is 1.95. The van der Waals surface area contributed by atoms with Crippen LogP contribution in [0.25, 0.3) is 0 Å². The SMILES string of the molecule is CC(C)OCCCN(Cc1ncc[nH]1)Cc1ccco1. The van der Waals surface area contributed by atoms with E-state index in [1.807, 2.05) is 18.3 Å². The van der Waals surface area contributed by atoms with Gasteiger partial charge in [-0.1, -0.05) is 0 Å². The van der Waals surface area contributed by atoms with E-state index in [1.54, 1.807) is 12.5 Å². The molecule has 0 aliphatic heterocycles. The van der Waals surface area contributed by atoms with Crippen LogP contribution in [0.5, 0.6) is 0 Å². The van der Waals surface area contributed by atoms with Crippen LogP contribution in [0, 0.1) is 0 Å². The minimum Gasteiger partial charge on any atom is -0.468 e. The van der Waals surface area contributed by atoms with Crippen LogP contribution in [0.2, 0.25) is 0 Å². The molecule has 0 atom stereocenters. The summed E-state index contributed by atoms with van der Waals surface area (Å²) in [4.78, 5) is 9.73. The fourth-order valence-corrected chi connectivity index (χ4v) is 2.04. The van der Waals surface area contributed by atoms with Gasteiger partial charge in [0.25, 0.3) is 0 Å². The highest BCUT2D eigenvalue weighted by atomic mass is 16.5. The molecule has 20 heavy (non-hydrogen) atoms. The molecule has 0 spiro atoms. The lowest BCUT2D eigenvalue weighted by molar-refractivity contribution is 0.0684. The molecule has 0 saturated heterocycles. The number of aromatic nitrogens is 2. The molecule has 2 heterocycles. The van der Waals surface area contributed by atoms with E-state index in [9.17, 15) is 0 Å². The third-order valence-electron chi connectivity index (χ3n) is 2.96. The Morgan fingerprint density at radius 2 is 2.30 bits per heavy atom. The van der Waals surface area contributed by atoms with Crippen LogP contribution in [0.1, 0.15) is 31.9 Å². The number of nitrogens with zero attached hydrogens (tertiary/aromatic N) is 2. The summed E-state index contributed by atoms with van der Waals surface area (Å²) in [6.07, 6.45) is 6.63. The van der Waals surface area contributed by atoms with Crippen molar-refractivity contribution in [3.63, 3.8) is 0 Å². The lowest BCUT2D eigenvalue weighted by atomic mass is 10.3. The van der Waals surface area contributed by atoms with Gasteiger partial charge >= 0.3 is 0 Å². The van der Waals surface area contributed by atoms with Gasteiger partial charge in [0, 0.05) is 25.5 Å². The van der Waals surface area contributed by atoms with Crippen molar-refractivity contribution in [3.05, 3.63) is 42.4 Å². The van der Waals surface area contributed by atoms with Gasteiger partial charge in [0.1, 0.15) is 11.6 Å². The molecular weight excluding hydrogens is 254 g/mol. The minimum atomic E-state index is 0.290. The van der Waals surface area contributed by atoms with E-state index in [0.717, 1.165) is 44.2 Å². The summed E-state index contributed by atoms with van der Waals surface area (Å²) in [6, 6.07) is 3.92. The molecule has 0 saturated carbocycles. The third kappa shape index (κ3) is 5.19. The number of H-pyrrole nitrogens is 1. The fourth-order valence-electron chi connectivity index (χ4n) is 2.04. The van der Waals surface area contributed by atoms with Gasteiger partial charge < -0.3 is 14.1 Å². The molecule has 0 aliphatic rings. The molecule has 2 aromatic rings. The molecule has 2 aromatic heterocycles. The number of hydrogen-bond donors (Lipinski definition) is 1. The van der Waals surface area contributed by atoms with E-state index in [4.69, 9.17) is 9.15 Å². The van der Waals surface area contributed by atoms with Gasteiger partial charge in [-0.05, 0) is 32.4 Å². The van der Waals surface area contributed by atoms with Crippen molar-refractivity contribution in [1.29, 1.82) is 0 Å². The van der Waals surface area contributed by atoms with Crippen LogP contribution in [-0.4, -0.2) is 34.1 Å². The van der Waals surface area contributed by atoms with Crippen LogP contribution < -0.4 is 0 Å². The van der Waals surface area contributed by atoms with Gasteiger partial charge in [-0.15, -0.1) is 0 Å². The van der Waals surface area contributed by atoms with Crippen molar-refractivity contribution >= 4 is 0 Å². The highest BCUT2D eigenvalue weighted by Crippen LogP contribution is 2.09. The number of ether oxygens (including phenoxy) is 1. The predicted octanol–water partition coefficient (Wildman–Crippen LogP) is 2.82. The lowest BCUT2D eigenvalue weighted by Gasteiger charge is -2.20. The van der Waals surface area contributed by atoms with Gasteiger partial charge in [-0.25, -0.2) is 4.98 Å². The number of rotatable bonds is 9. The molecule has 0 bridgehead atoms. The monoisotopic (exact) mass is 277 g/mol. The molecule has 5 heteroatoms. The van der Waals surface area contributed by atoms with Crippen LogP contribution in [-0.2, 0) is 17.8 Å². The second-order valence-corrected chi connectivity index (χ2v) is 5.10. The summed E-state index contributed by atoms with van der Waals surface area (Å²) < 4.78 is 11.0. The molecule has 0 unspecified atom stereocenters. The molecule has 2 rings (SSSR count). The Morgan fingerprint density at radius 1 is 1.40 bits per heavy atom. The number of hydrogen-bond acceptors (Lipinski definition) is 4. The molecular formula is C15H23N3O2. The maximum atomic E-state index is 5.59. The minimum absolute atomic E-state index is 0.290. The zero-order valence-corrected chi connectivity index (χ0v) is 12.2. The number of imidazole rings is 1. The van der Waals surface area contributed by atoms with E-state index < -0.39 is 0 Å². The second kappa shape index (κ2) is 7.87. The highest BCUT2D eigenvalue weighted by molar-refractivity contribution is 4.98. The van der Waals surface area contributed by atoms with Crippen LogP contribution in [0.3, 0.4) is 0 Å². The van der Waals surface area contributed by atoms with Crippen molar-refractivity contribution in [3.8, 4) is 0 Å². The third-order valence-corrected chi connectivity index (χ3v) is 2.96. The van der Waals surface area contributed by atoms with Crippen molar-refractivity contribution in [2.24, 2.45) is 0 Å². The number of aromatic amines is 1. The normalized spacial score (nSPS) is 11.6. The summed E-state index contributed by atoms with van der Waals surface area (Å²) in [5, 5.41) is 0. The van der Waals surface area contributed by atoms with Crippen LogP contribution in [0.15, 0.2) is 35.2 Å². The van der Waals surface area contributed by atoms with Crippen LogP contribution >= 0.6 is 0 Å². The summed E-state index contributed by atoms with van der Waals surface area (Å²) in [5.41, 5.74) is 0. The molecule has 1 N–H and O–H groups in total. The standard InChI is InChI=1S/C15H23N3O2/c1-13(2)19-10-4-8-18(11-14-5-3-9-20-14)12-15-16-6-7-17-15/h3,5-7,9,13H,4,8,10-12H2,1-2H3,(H,16,17). The Bertz CT molecular complexity index is 415. The molecule has 5 nitrogen and oxygen atoms in total.